The van der Waals surface area contributed by atoms with Gasteiger partial charge in [-0.15, -0.1) is 0 Å². The minimum Gasteiger partial charge on any atom is -0.462 e. The van der Waals surface area contributed by atoms with Crippen molar-refractivity contribution in [3.63, 3.8) is 0 Å². The van der Waals surface area contributed by atoms with E-state index in [0.29, 0.717) is 31.6 Å². The number of aliphatic hydroxyl groups excluding tert-OH is 1. The highest BCUT2D eigenvalue weighted by molar-refractivity contribution is 7.47. The third-order valence-electron chi connectivity index (χ3n) is 17.2. The fourth-order valence-corrected chi connectivity index (χ4v) is 12.6. The highest BCUT2D eigenvalue weighted by Crippen LogP contribution is 2.45. The summed E-state index contributed by atoms with van der Waals surface area (Å²) in [5.41, 5.74) is 0. The maximum atomic E-state index is 13.1. The van der Waals surface area contributed by atoms with Crippen molar-refractivity contribution >= 4 is 39.5 Å². The summed E-state index contributed by atoms with van der Waals surface area (Å²) in [6, 6.07) is 0. The van der Waals surface area contributed by atoms with Crippen LogP contribution in [0.3, 0.4) is 0 Å². The Kier molecular flexibility index (Phi) is 61.3. The van der Waals surface area contributed by atoms with Crippen LogP contribution in [0.25, 0.3) is 0 Å². The van der Waals surface area contributed by atoms with Crippen LogP contribution in [0, 0.1) is 23.7 Å². The molecule has 0 amide bonds. The molecule has 0 saturated carbocycles. The maximum Gasteiger partial charge on any atom is 0.472 e. The first kappa shape index (κ1) is 90.1. The van der Waals surface area contributed by atoms with Crippen LogP contribution in [0.5, 0.6) is 0 Å². The molecule has 0 aromatic rings. The molecule has 0 radical (unpaired) electrons. The van der Waals surface area contributed by atoms with Crippen LogP contribution in [-0.2, 0) is 65.4 Å². The Morgan fingerprint density at radius 1 is 0.304 bits per heavy atom. The van der Waals surface area contributed by atoms with Crippen molar-refractivity contribution in [2.75, 3.05) is 39.6 Å². The molecule has 3 N–H and O–H groups in total. The monoisotopic (exact) mass is 1350 g/mol. The number of hydrogen-bond acceptors (Lipinski definition) is 15. The van der Waals surface area contributed by atoms with Crippen molar-refractivity contribution < 1.29 is 80.2 Å². The molecule has 0 fully saturated rings. The van der Waals surface area contributed by atoms with E-state index in [-0.39, 0.29) is 25.7 Å². The minimum atomic E-state index is -4.96. The number of hydrogen-bond donors (Lipinski definition) is 3. The molecule has 6 atom stereocenters. The highest BCUT2D eigenvalue weighted by Gasteiger charge is 2.30. The van der Waals surface area contributed by atoms with Gasteiger partial charge in [0, 0.05) is 25.7 Å². The zero-order valence-corrected chi connectivity index (χ0v) is 62.0. The molecule has 0 heterocycles. The minimum absolute atomic E-state index is 0.102. The predicted octanol–water partition coefficient (Wildman–Crippen LogP) is 20.9. The summed E-state index contributed by atoms with van der Waals surface area (Å²) in [5.74, 6) is 0.875. The zero-order valence-electron chi connectivity index (χ0n) is 60.2. The molecule has 19 heteroatoms. The lowest BCUT2D eigenvalue weighted by atomic mass is 10.00. The van der Waals surface area contributed by atoms with E-state index in [1.54, 1.807) is 0 Å². The lowest BCUT2D eigenvalue weighted by Gasteiger charge is -2.21. The Labute approximate surface area is 562 Å². The van der Waals surface area contributed by atoms with Crippen LogP contribution in [0.15, 0.2) is 0 Å². The smallest absolute Gasteiger partial charge is 0.462 e. The van der Waals surface area contributed by atoms with Gasteiger partial charge in [0.15, 0.2) is 12.2 Å². The van der Waals surface area contributed by atoms with Crippen molar-refractivity contribution in [3.8, 4) is 0 Å². The lowest BCUT2D eigenvalue weighted by molar-refractivity contribution is -0.161. The van der Waals surface area contributed by atoms with Gasteiger partial charge in [-0.3, -0.25) is 37.3 Å². The molecule has 0 aliphatic heterocycles. The molecular weight excluding hydrogens is 1210 g/mol. The first-order valence-corrected chi connectivity index (χ1v) is 40.7. The Morgan fingerprint density at radius 2 is 0.522 bits per heavy atom. The molecule has 17 nitrogen and oxygen atoms in total. The Balaban J connectivity index is 5.24. The zero-order chi connectivity index (χ0) is 68.2. The van der Waals surface area contributed by atoms with E-state index in [0.717, 1.165) is 114 Å². The first-order valence-electron chi connectivity index (χ1n) is 37.7. The van der Waals surface area contributed by atoms with Crippen LogP contribution >= 0.6 is 15.6 Å². The van der Waals surface area contributed by atoms with Crippen LogP contribution in [-0.4, -0.2) is 96.7 Å². The molecule has 4 unspecified atom stereocenters. The number of unbranched alkanes of at least 4 members (excludes halogenated alkanes) is 35. The topological polar surface area (TPSA) is 237 Å². The molecule has 92 heavy (non-hydrogen) atoms. The predicted molar refractivity (Wildman–Crippen MR) is 372 cm³/mol. The third-order valence-corrected chi connectivity index (χ3v) is 19.1. The molecule has 0 spiro atoms. The third kappa shape index (κ3) is 65.4. The van der Waals surface area contributed by atoms with E-state index in [2.05, 4.69) is 55.4 Å². The molecule has 0 aromatic carbocycles. The van der Waals surface area contributed by atoms with E-state index >= 15 is 0 Å². The van der Waals surface area contributed by atoms with Crippen molar-refractivity contribution in [1.29, 1.82) is 0 Å². The van der Waals surface area contributed by atoms with Crippen molar-refractivity contribution in [1.82, 2.24) is 0 Å². The van der Waals surface area contributed by atoms with Gasteiger partial charge in [-0.25, -0.2) is 9.13 Å². The fraction of sp³-hybridized carbons (Fsp3) is 0.945. The standard InChI is InChI=1S/C73H142O17P2/c1-9-66(8)52-44-36-31-32-40-48-56-73(78)90-69(60-84-71(76)54-46-38-30-24-27-35-43-51-65(6)7)62-88-92(81,82)86-58-67(74)57-85-91(79,80)87-61-68(89-72(77)55-47-39-29-23-19-15-11-13-17-21-26-34-42-50-64(4)5)59-83-70(75)53-45-37-28-22-18-14-10-12-16-20-25-33-41-49-63(2)3/h63-69,74H,9-62H2,1-8H3,(H,79,80)(H,81,82)/t66?,67?,68-,69-/m1/s1. The number of carbonyl (C=O) groups is 4. The summed E-state index contributed by atoms with van der Waals surface area (Å²) in [6.07, 6.45) is 45.9. The molecule has 0 aliphatic carbocycles. The number of phosphoric acid groups is 2. The Morgan fingerprint density at radius 3 is 0.772 bits per heavy atom. The summed E-state index contributed by atoms with van der Waals surface area (Å²) in [7, 11) is -9.91. The summed E-state index contributed by atoms with van der Waals surface area (Å²) in [6.45, 7) is 14.1. The average Bonchev–Trinajstić information content (AvgIpc) is 2.22. The van der Waals surface area contributed by atoms with Gasteiger partial charge in [-0.05, 0) is 49.4 Å². The largest absolute Gasteiger partial charge is 0.472 e. The highest BCUT2D eigenvalue weighted by atomic mass is 31.2. The van der Waals surface area contributed by atoms with E-state index < -0.39 is 97.5 Å². The van der Waals surface area contributed by atoms with Crippen LogP contribution in [0.2, 0.25) is 0 Å². The fourth-order valence-electron chi connectivity index (χ4n) is 11.0. The molecular formula is C73H142O17P2. The quantitative estimate of drug-likeness (QED) is 0.0222. The second-order valence-corrected chi connectivity index (χ2v) is 30.9. The van der Waals surface area contributed by atoms with Gasteiger partial charge >= 0.3 is 39.5 Å². The van der Waals surface area contributed by atoms with E-state index in [1.165, 1.54) is 161 Å². The van der Waals surface area contributed by atoms with Crippen molar-refractivity contribution in [2.24, 2.45) is 23.7 Å². The van der Waals surface area contributed by atoms with E-state index in [4.69, 9.17) is 37.0 Å². The Hall–Kier alpha value is -1.94. The van der Waals surface area contributed by atoms with Gasteiger partial charge in [0.2, 0.25) is 0 Å². The molecule has 0 rings (SSSR count). The lowest BCUT2D eigenvalue weighted by Crippen LogP contribution is -2.30. The first-order chi connectivity index (χ1) is 44.1. The Bertz CT molecular complexity index is 1820. The number of rotatable bonds is 70. The number of carbonyl (C=O) groups excluding carboxylic acids is 4. The summed E-state index contributed by atoms with van der Waals surface area (Å²) < 4.78 is 68.4. The van der Waals surface area contributed by atoms with E-state index in [9.17, 15) is 43.2 Å². The van der Waals surface area contributed by atoms with Crippen molar-refractivity contribution in [2.45, 2.75) is 382 Å². The van der Waals surface area contributed by atoms with Gasteiger partial charge in [-0.2, -0.15) is 0 Å². The van der Waals surface area contributed by atoms with Gasteiger partial charge in [0.25, 0.3) is 0 Å². The SMILES string of the molecule is CCC(C)CCCCCCCCC(=O)O[C@H](COC(=O)CCCCCCCCCC(C)C)COP(=O)(O)OCC(O)COP(=O)(O)OC[C@@H](COC(=O)CCCCCCCCCCCCCCCC(C)C)OC(=O)CCCCCCCCCCCCCCCC(C)C. The molecule has 0 aromatic heterocycles. The van der Waals surface area contributed by atoms with Gasteiger partial charge < -0.3 is 33.8 Å². The normalized spacial score (nSPS) is 14.5. The molecule has 546 valence electrons. The second kappa shape index (κ2) is 62.6. The molecule has 0 saturated heterocycles. The molecule has 0 aliphatic rings. The van der Waals surface area contributed by atoms with Gasteiger partial charge in [-0.1, -0.05) is 312 Å². The maximum absolute atomic E-state index is 13.1. The summed E-state index contributed by atoms with van der Waals surface area (Å²) in [5, 5.41) is 10.6. The van der Waals surface area contributed by atoms with Crippen LogP contribution in [0.4, 0.5) is 0 Å². The van der Waals surface area contributed by atoms with Crippen LogP contribution < -0.4 is 0 Å². The van der Waals surface area contributed by atoms with Crippen LogP contribution in [0.1, 0.15) is 364 Å². The second-order valence-electron chi connectivity index (χ2n) is 28.0. The summed E-state index contributed by atoms with van der Waals surface area (Å²) >= 11 is 0. The van der Waals surface area contributed by atoms with Gasteiger partial charge in [0.05, 0.1) is 26.4 Å². The average molecular weight is 1350 g/mol. The summed E-state index contributed by atoms with van der Waals surface area (Å²) in [4.78, 5) is 72.6. The number of esters is 4. The van der Waals surface area contributed by atoms with E-state index in [1.807, 2.05) is 0 Å². The number of ether oxygens (including phenoxy) is 4. The molecule has 0 bridgehead atoms. The number of aliphatic hydroxyl groups is 1. The number of phosphoric ester groups is 2. The van der Waals surface area contributed by atoms with Gasteiger partial charge in [0.1, 0.15) is 19.3 Å². The van der Waals surface area contributed by atoms with Crippen molar-refractivity contribution in [3.05, 3.63) is 0 Å².